The van der Waals surface area contributed by atoms with E-state index in [-0.39, 0.29) is 11.2 Å². The first kappa shape index (κ1) is 34.4. The van der Waals surface area contributed by atoms with Crippen LogP contribution in [0.1, 0.15) is 111 Å². The van der Waals surface area contributed by atoms with E-state index >= 15 is 0 Å². The monoisotopic (exact) mass is 666 g/mol. The fourth-order valence-electron chi connectivity index (χ4n) is 8.82. The van der Waals surface area contributed by atoms with Crippen LogP contribution < -0.4 is 0 Å². The van der Waals surface area contributed by atoms with E-state index in [1.807, 2.05) is 12.2 Å². The molecule has 0 aromatic heterocycles. The van der Waals surface area contributed by atoms with Gasteiger partial charge in [-0.15, -0.1) is 0 Å². The molecular weight excluding hydrogens is 617 g/mol. The summed E-state index contributed by atoms with van der Waals surface area (Å²) in [5.74, 6) is 0.126. The molecule has 7 rings (SSSR count). The summed E-state index contributed by atoms with van der Waals surface area (Å²) in [6.45, 7) is 12.5. The standard InChI is InChI=1S/C50H50O/c1-5-9-11-17-30-50(31-18-12-10-6-2)47-28-25-36(35(8-4)19-7-3)33-45(47)49(51)46-34-38(26-29-48(46)50)37-24-27-43-41-22-14-13-20-39(41)40-21-15-16-23-42(40)44(43)32-37/h7-8,13-16,19-29,32-34H,3-6,9-12,17-18,30-31H2,1-2H3. The Labute approximate surface area is 304 Å². The van der Waals surface area contributed by atoms with Crippen molar-refractivity contribution in [3.05, 3.63) is 162 Å². The van der Waals surface area contributed by atoms with Gasteiger partial charge in [-0.1, -0.05) is 182 Å². The van der Waals surface area contributed by atoms with Gasteiger partial charge >= 0.3 is 0 Å². The zero-order chi connectivity index (χ0) is 35.4. The highest BCUT2D eigenvalue weighted by Gasteiger charge is 2.43. The van der Waals surface area contributed by atoms with Gasteiger partial charge in [0.05, 0.1) is 0 Å². The molecule has 0 saturated heterocycles. The molecule has 6 aromatic rings. The van der Waals surface area contributed by atoms with Crippen molar-refractivity contribution in [3.8, 4) is 11.1 Å². The molecule has 0 N–H and O–H groups in total. The van der Waals surface area contributed by atoms with E-state index in [1.54, 1.807) is 6.08 Å². The second kappa shape index (κ2) is 15.1. The molecule has 0 unspecified atom stereocenters. The fourth-order valence-corrected chi connectivity index (χ4v) is 8.82. The second-order valence-corrected chi connectivity index (χ2v) is 14.5. The number of hydrogen-bond acceptors (Lipinski definition) is 1. The lowest BCUT2D eigenvalue weighted by Gasteiger charge is -2.41. The number of rotatable bonds is 14. The van der Waals surface area contributed by atoms with Crippen LogP contribution in [-0.4, -0.2) is 5.78 Å². The molecule has 51 heavy (non-hydrogen) atoms. The van der Waals surface area contributed by atoms with Crippen LogP contribution in [0.15, 0.2) is 135 Å². The molecule has 0 fully saturated rings. The molecule has 0 aliphatic heterocycles. The summed E-state index contributed by atoms with van der Waals surface area (Å²) in [6, 6.07) is 37.7. The molecule has 0 spiro atoms. The van der Waals surface area contributed by atoms with Crippen LogP contribution in [0.4, 0.5) is 0 Å². The van der Waals surface area contributed by atoms with Crippen molar-refractivity contribution in [2.45, 2.75) is 83.5 Å². The number of fused-ring (bicyclic) bond motifs is 8. The highest BCUT2D eigenvalue weighted by Crippen LogP contribution is 2.50. The third-order valence-electron chi connectivity index (χ3n) is 11.4. The molecule has 0 radical (unpaired) electrons. The summed E-state index contributed by atoms with van der Waals surface area (Å²) < 4.78 is 0. The van der Waals surface area contributed by atoms with Gasteiger partial charge in [0.25, 0.3) is 0 Å². The first-order valence-corrected chi connectivity index (χ1v) is 19.2. The minimum absolute atomic E-state index is 0.126. The van der Waals surface area contributed by atoms with Gasteiger partial charge in [-0.05, 0) is 96.7 Å². The van der Waals surface area contributed by atoms with Crippen LogP contribution in [-0.2, 0) is 5.41 Å². The van der Waals surface area contributed by atoms with E-state index in [0.717, 1.165) is 59.1 Å². The van der Waals surface area contributed by atoms with Crippen molar-refractivity contribution in [1.29, 1.82) is 0 Å². The Hall–Kier alpha value is -5.01. The van der Waals surface area contributed by atoms with Crippen LogP contribution in [0.5, 0.6) is 0 Å². The molecule has 0 heterocycles. The number of allylic oxidation sites excluding steroid dienone is 4. The quantitative estimate of drug-likeness (QED) is 0.0642. The van der Waals surface area contributed by atoms with E-state index in [2.05, 4.69) is 130 Å². The van der Waals surface area contributed by atoms with Gasteiger partial charge in [0, 0.05) is 16.5 Å². The van der Waals surface area contributed by atoms with Crippen LogP contribution in [0, 0.1) is 0 Å². The Morgan fingerprint density at radius 3 is 1.65 bits per heavy atom. The average Bonchev–Trinajstić information content (AvgIpc) is 3.18. The molecular formula is C50H50O. The van der Waals surface area contributed by atoms with Crippen molar-refractivity contribution < 1.29 is 4.79 Å². The van der Waals surface area contributed by atoms with Gasteiger partial charge in [-0.25, -0.2) is 0 Å². The zero-order valence-corrected chi connectivity index (χ0v) is 30.4. The summed E-state index contributed by atoms with van der Waals surface area (Å²) in [4.78, 5) is 14.8. The van der Waals surface area contributed by atoms with Crippen LogP contribution in [0.2, 0.25) is 0 Å². The summed E-state index contributed by atoms with van der Waals surface area (Å²) in [7, 11) is 0. The summed E-state index contributed by atoms with van der Waals surface area (Å²) in [5, 5.41) is 7.58. The number of carbonyl (C=O) groups excluding carboxylic acids is 1. The molecule has 1 nitrogen and oxygen atoms in total. The summed E-state index contributed by atoms with van der Waals surface area (Å²) in [6.07, 6.45) is 17.4. The highest BCUT2D eigenvalue weighted by molar-refractivity contribution is 6.25. The number of hydrogen-bond donors (Lipinski definition) is 0. The molecule has 1 aliphatic carbocycles. The zero-order valence-electron chi connectivity index (χ0n) is 30.4. The smallest absolute Gasteiger partial charge is 0.193 e. The third-order valence-corrected chi connectivity index (χ3v) is 11.4. The largest absolute Gasteiger partial charge is 0.289 e. The number of benzene rings is 6. The SMILES string of the molecule is C=CC=C(C=C)c1ccc2c(c1)C(=O)c1cc(-c3ccc4c5ccccc5c5ccccc5c4c3)ccc1C2(CCCCCC)CCCCCC. The topological polar surface area (TPSA) is 17.1 Å². The van der Waals surface area contributed by atoms with Crippen LogP contribution in [0.25, 0.3) is 49.0 Å². The second-order valence-electron chi connectivity index (χ2n) is 14.5. The van der Waals surface area contributed by atoms with Crippen molar-refractivity contribution in [2.24, 2.45) is 0 Å². The lowest BCUT2D eigenvalue weighted by molar-refractivity contribution is 0.102. The predicted octanol–water partition coefficient (Wildman–Crippen LogP) is 14.3. The van der Waals surface area contributed by atoms with Crippen LogP contribution >= 0.6 is 0 Å². The minimum Gasteiger partial charge on any atom is -0.289 e. The van der Waals surface area contributed by atoms with Gasteiger partial charge in [-0.3, -0.25) is 4.79 Å². The van der Waals surface area contributed by atoms with Crippen molar-refractivity contribution in [1.82, 2.24) is 0 Å². The maximum atomic E-state index is 14.8. The van der Waals surface area contributed by atoms with Gasteiger partial charge < -0.3 is 0 Å². The maximum Gasteiger partial charge on any atom is 0.193 e. The van der Waals surface area contributed by atoms with Crippen molar-refractivity contribution in [3.63, 3.8) is 0 Å². The van der Waals surface area contributed by atoms with E-state index in [9.17, 15) is 4.79 Å². The van der Waals surface area contributed by atoms with E-state index in [4.69, 9.17) is 0 Å². The minimum atomic E-state index is -0.202. The Morgan fingerprint density at radius 2 is 1.08 bits per heavy atom. The Bertz CT molecular complexity index is 2250. The Kier molecular flexibility index (Phi) is 10.2. The molecule has 256 valence electrons. The third kappa shape index (κ3) is 6.29. The van der Waals surface area contributed by atoms with Crippen LogP contribution in [0.3, 0.4) is 0 Å². The van der Waals surface area contributed by atoms with Gasteiger partial charge in [-0.2, -0.15) is 0 Å². The highest BCUT2D eigenvalue weighted by atomic mass is 16.1. The molecule has 6 aromatic carbocycles. The van der Waals surface area contributed by atoms with Gasteiger partial charge in [0.15, 0.2) is 5.78 Å². The molecule has 1 heteroatoms. The fraction of sp³-hybridized carbons (Fsp3) is 0.260. The maximum absolute atomic E-state index is 14.8. The lowest BCUT2D eigenvalue weighted by Crippen LogP contribution is -2.36. The van der Waals surface area contributed by atoms with E-state index < -0.39 is 0 Å². The number of unbranched alkanes of at least 4 members (excludes halogenated alkanes) is 6. The molecule has 1 aliphatic rings. The van der Waals surface area contributed by atoms with Crippen molar-refractivity contribution in [2.75, 3.05) is 0 Å². The lowest BCUT2D eigenvalue weighted by atomic mass is 9.61. The van der Waals surface area contributed by atoms with E-state index in [0.29, 0.717) is 0 Å². The van der Waals surface area contributed by atoms with Gasteiger partial charge in [0.1, 0.15) is 0 Å². The van der Waals surface area contributed by atoms with E-state index in [1.165, 1.54) is 82.0 Å². The number of carbonyl (C=O) groups is 1. The first-order chi connectivity index (χ1) is 25.0. The summed E-state index contributed by atoms with van der Waals surface area (Å²) in [5.41, 5.74) is 8.14. The Morgan fingerprint density at radius 1 is 0.569 bits per heavy atom. The predicted molar refractivity (Wildman–Crippen MR) is 221 cm³/mol. The molecule has 0 bridgehead atoms. The molecule has 0 saturated carbocycles. The number of ketones is 1. The molecule has 0 amide bonds. The first-order valence-electron chi connectivity index (χ1n) is 19.2. The normalized spacial score (nSPS) is 13.8. The summed E-state index contributed by atoms with van der Waals surface area (Å²) >= 11 is 0. The molecule has 0 atom stereocenters. The van der Waals surface area contributed by atoms with Crippen molar-refractivity contribution >= 4 is 43.7 Å². The van der Waals surface area contributed by atoms with Gasteiger partial charge in [0.2, 0.25) is 0 Å². The Balaban J connectivity index is 1.42. The average molecular weight is 667 g/mol.